The second-order valence-corrected chi connectivity index (χ2v) is 7.71. The molecule has 0 radical (unpaired) electrons. The summed E-state index contributed by atoms with van der Waals surface area (Å²) in [6, 6.07) is 35.6. The van der Waals surface area contributed by atoms with E-state index in [1.165, 1.54) is 33.4 Å². The van der Waals surface area contributed by atoms with E-state index in [4.69, 9.17) is 5.73 Å². The van der Waals surface area contributed by atoms with E-state index >= 15 is 0 Å². The summed E-state index contributed by atoms with van der Waals surface area (Å²) in [5.74, 6) is 0. The van der Waals surface area contributed by atoms with Gasteiger partial charge in [-0.2, -0.15) is 0 Å². The number of hydrogen-bond acceptors (Lipinski definition) is 1. The minimum atomic E-state index is 0.0707. The quantitative estimate of drug-likeness (QED) is 0.365. The number of fused-ring (bicyclic) bond motifs is 3. The Kier molecular flexibility index (Phi) is 4.75. The highest BCUT2D eigenvalue weighted by Gasteiger charge is 2.34. The van der Waals surface area contributed by atoms with E-state index in [1.54, 1.807) is 0 Å². The van der Waals surface area contributed by atoms with Crippen molar-refractivity contribution in [2.75, 3.05) is 5.73 Å². The lowest BCUT2D eigenvalue weighted by atomic mass is 9.82. The molecule has 0 saturated carbocycles. The first-order valence-electron chi connectivity index (χ1n) is 9.68. The minimum absolute atomic E-state index is 0.0707. The van der Waals surface area contributed by atoms with Gasteiger partial charge in [0.1, 0.15) is 0 Å². The molecule has 0 amide bonds. The second kappa shape index (κ2) is 7.36. The van der Waals surface area contributed by atoms with Crippen molar-refractivity contribution in [3.8, 4) is 22.3 Å². The Morgan fingerprint density at radius 3 is 1.64 bits per heavy atom. The molecule has 0 aliphatic heterocycles. The van der Waals surface area contributed by atoms with Gasteiger partial charge in [-0.3, -0.25) is 0 Å². The van der Waals surface area contributed by atoms with E-state index in [0.29, 0.717) is 0 Å². The van der Waals surface area contributed by atoms with Gasteiger partial charge in [-0.05, 0) is 45.5 Å². The van der Waals surface area contributed by atoms with E-state index in [9.17, 15) is 0 Å². The SMILES string of the molecule is CC1(C)c2ccccc2-c2ccc(N)cc21.c1ccc(-c2ccccc2)cc1. The van der Waals surface area contributed by atoms with E-state index in [-0.39, 0.29) is 5.41 Å². The van der Waals surface area contributed by atoms with Crippen molar-refractivity contribution >= 4 is 5.69 Å². The third kappa shape index (κ3) is 3.32. The van der Waals surface area contributed by atoms with Gasteiger partial charge in [-0.25, -0.2) is 0 Å². The molecule has 0 heterocycles. The van der Waals surface area contributed by atoms with Gasteiger partial charge >= 0.3 is 0 Å². The normalized spacial score (nSPS) is 13.1. The number of nitrogen functional groups attached to an aromatic ring is 1. The molecule has 0 aromatic heterocycles. The summed E-state index contributed by atoms with van der Waals surface area (Å²) < 4.78 is 0. The van der Waals surface area contributed by atoms with E-state index in [0.717, 1.165) is 5.69 Å². The van der Waals surface area contributed by atoms with Crippen molar-refractivity contribution in [1.82, 2.24) is 0 Å². The summed E-state index contributed by atoms with van der Waals surface area (Å²) in [7, 11) is 0. The zero-order valence-electron chi connectivity index (χ0n) is 16.4. The molecular weight excluding hydrogens is 338 g/mol. The molecule has 28 heavy (non-hydrogen) atoms. The summed E-state index contributed by atoms with van der Waals surface area (Å²) in [4.78, 5) is 0. The lowest BCUT2D eigenvalue weighted by Gasteiger charge is -2.21. The average molecular weight is 364 g/mol. The molecule has 1 aliphatic carbocycles. The maximum atomic E-state index is 5.89. The summed E-state index contributed by atoms with van der Waals surface area (Å²) in [5.41, 5.74) is 14.8. The maximum absolute atomic E-state index is 5.89. The molecule has 5 rings (SSSR count). The predicted molar refractivity (Wildman–Crippen MR) is 120 cm³/mol. The Morgan fingerprint density at radius 1 is 0.536 bits per heavy atom. The number of benzene rings is 4. The van der Waals surface area contributed by atoms with Crippen molar-refractivity contribution < 1.29 is 0 Å². The van der Waals surface area contributed by atoms with Crippen molar-refractivity contribution in [3.63, 3.8) is 0 Å². The topological polar surface area (TPSA) is 26.0 Å². The zero-order chi connectivity index (χ0) is 19.6. The molecular formula is C27H25N. The fourth-order valence-corrected chi connectivity index (χ4v) is 3.98. The first kappa shape index (κ1) is 18.1. The fraction of sp³-hybridized carbons (Fsp3) is 0.111. The van der Waals surface area contributed by atoms with Crippen molar-refractivity contribution in [2.45, 2.75) is 19.3 Å². The predicted octanol–water partition coefficient (Wildman–Crippen LogP) is 6.93. The van der Waals surface area contributed by atoms with Gasteiger partial charge in [0.15, 0.2) is 0 Å². The second-order valence-electron chi connectivity index (χ2n) is 7.71. The highest BCUT2D eigenvalue weighted by Crippen LogP contribution is 2.48. The molecule has 0 saturated heterocycles. The van der Waals surface area contributed by atoms with E-state index in [1.807, 2.05) is 18.2 Å². The number of anilines is 1. The van der Waals surface area contributed by atoms with Crippen LogP contribution < -0.4 is 5.73 Å². The first-order chi connectivity index (χ1) is 13.6. The highest BCUT2D eigenvalue weighted by molar-refractivity contribution is 5.82. The summed E-state index contributed by atoms with van der Waals surface area (Å²) in [6.07, 6.45) is 0. The van der Waals surface area contributed by atoms with Crippen molar-refractivity contribution in [1.29, 1.82) is 0 Å². The summed E-state index contributed by atoms with van der Waals surface area (Å²) in [6.45, 7) is 4.52. The van der Waals surface area contributed by atoms with Crippen LogP contribution in [0.3, 0.4) is 0 Å². The number of rotatable bonds is 1. The third-order valence-electron chi connectivity index (χ3n) is 5.49. The summed E-state index contributed by atoms with van der Waals surface area (Å²) in [5, 5.41) is 0. The number of hydrogen-bond donors (Lipinski definition) is 1. The van der Waals surface area contributed by atoms with Crippen LogP contribution in [0, 0.1) is 0 Å². The van der Waals surface area contributed by atoms with Gasteiger partial charge in [-0.15, -0.1) is 0 Å². The molecule has 0 bridgehead atoms. The molecule has 4 aromatic rings. The van der Waals surface area contributed by atoms with Crippen LogP contribution in [-0.4, -0.2) is 0 Å². The Morgan fingerprint density at radius 2 is 1.04 bits per heavy atom. The molecule has 0 atom stereocenters. The van der Waals surface area contributed by atoms with Crippen LogP contribution >= 0.6 is 0 Å². The molecule has 1 nitrogen and oxygen atoms in total. The monoisotopic (exact) mass is 363 g/mol. The maximum Gasteiger partial charge on any atom is 0.0317 e. The van der Waals surface area contributed by atoms with Crippen LogP contribution in [0.1, 0.15) is 25.0 Å². The van der Waals surface area contributed by atoms with Crippen molar-refractivity contribution in [2.24, 2.45) is 0 Å². The molecule has 1 aliphatic rings. The highest BCUT2D eigenvalue weighted by atomic mass is 14.5. The van der Waals surface area contributed by atoms with Crippen LogP contribution in [0.15, 0.2) is 103 Å². The largest absolute Gasteiger partial charge is 0.399 e. The zero-order valence-corrected chi connectivity index (χ0v) is 16.4. The van der Waals surface area contributed by atoms with Gasteiger partial charge in [0, 0.05) is 11.1 Å². The van der Waals surface area contributed by atoms with Crippen LogP contribution in [-0.2, 0) is 5.41 Å². The molecule has 2 N–H and O–H groups in total. The first-order valence-corrected chi connectivity index (χ1v) is 9.68. The Balaban J connectivity index is 0.000000143. The molecule has 4 aromatic carbocycles. The van der Waals surface area contributed by atoms with Crippen LogP contribution in [0.4, 0.5) is 5.69 Å². The van der Waals surface area contributed by atoms with Gasteiger partial charge in [0.25, 0.3) is 0 Å². The molecule has 1 heteroatoms. The smallest absolute Gasteiger partial charge is 0.0317 e. The van der Waals surface area contributed by atoms with Crippen molar-refractivity contribution in [3.05, 3.63) is 114 Å². The number of nitrogens with two attached hydrogens (primary N) is 1. The van der Waals surface area contributed by atoms with Gasteiger partial charge < -0.3 is 5.73 Å². The van der Waals surface area contributed by atoms with Gasteiger partial charge in [-0.1, -0.05) is 105 Å². The molecule has 138 valence electrons. The Labute approximate surface area is 167 Å². The fourth-order valence-electron chi connectivity index (χ4n) is 3.98. The molecule has 0 unspecified atom stereocenters. The Hall–Kier alpha value is -3.32. The standard InChI is InChI=1S/C15H15N.C12H10/c1-15(2)13-6-4-3-5-11(13)12-8-7-10(16)9-14(12)15;1-3-7-11(8-4-1)12-9-5-2-6-10-12/h3-9H,16H2,1-2H3;1-10H. The van der Waals surface area contributed by atoms with Crippen LogP contribution in [0.25, 0.3) is 22.3 Å². The van der Waals surface area contributed by atoms with Crippen LogP contribution in [0.5, 0.6) is 0 Å². The van der Waals surface area contributed by atoms with E-state index < -0.39 is 0 Å². The molecule has 0 spiro atoms. The average Bonchev–Trinajstić information content (AvgIpc) is 2.97. The lowest BCUT2D eigenvalue weighted by Crippen LogP contribution is -2.15. The van der Waals surface area contributed by atoms with E-state index in [2.05, 4.69) is 98.8 Å². The molecule has 0 fully saturated rings. The minimum Gasteiger partial charge on any atom is -0.399 e. The summed E-state index contributed by atoms with van der Waals surface area (Å²) >= 11 is 0. The van der Waals surface area contributed by atoms with Crippen LogP contribution in [0.2, 0.25) is 0 Å². The van der Waals surface area contributed by atoms with Gasteiger partial charge in [0.05, 0.1) is 0 Å². The Bertz CT molecular complexity index is 1040. The van der Waals surface area contributed by atoms with Gasteiger partial charge in [0.2, 0.25) is 0 Å². The third-order valence-corrected chi connectivity index (χ3v) is 5.49. The lowest BCUT2D eigenvalue weighted by molar-refractivity contribution is 0.660.